The number of benzene rings is 1. The Hall–Kier alpha value is -2.60. The molecule has 1 aliphatic carbocycles. The van der Waals surface area contributed by atoms with Crippen LogP contribution in [0.15, 0.2) is 42.9 Å². The van der Waals surface area contributed by atoms with E-state index in [2.05, 4.69) is 20.4 Å². The molecule has 0 atom stereocenters. The van der Waals surface area contributed by atoms with Crippen LogP contribution in [0, 0.1) is 0 Å². The molecule has 2 aromatic heterocycles. The van der Waals surface area contributed by atoms with E-state index < -0.39 is 0 Å². The predicted molar refractivity (Wildman–Crippen MR) is 92.8 cm³/mol. The zero-order valence-corrected chi connectivity index (χ0v) is 13.9. The molecule has 0 amide bonds. The minimum atomic E-state index is 0.457. The summed E-state index contributed by atoms with van der Waals surface area (Å²) in [6, 6.07) is 8.12. The lowest BCUT2D eigenvalue weighted by Crippen LogP contribution is -2.00. The number of methoxy groups -OCH3 is 1. The van der Waals surface area contributed by atoms with Crippen LogP contribution in [0.25, 0.3) is 11.3 Å². The number of hydrogen-bond donors (Lipinski definition) is 1. The van der Waals surface area contributed by atoms with E-state index in [9.17, 15) is 0 Å². The van der Waals surface area contributed by atoms with Crippen molar-refractivity contribution >= 4 is 23.2 Å². The summed E-state index contributed by atoms with van der Waals surface area (Å²) in [5, 5.41) is 8.06. The highest BCUT2D eigenvalue weighted by Gasteiger charge is 2.24. The van der Waals surface area contributed by atoms with Crippen molar-refractivity contribution in [3.8, 4) is 17.0 Å². The number of nitrogens with zero attached hydrogens (tertiary/aromatic N) is 4. The highest BCUT2D eigenvalue weighted by atomic mass is 35.5. The standard InChI is InChI=1S/C17H16ClN5O/c1-24-15-5-3-2-4-14(15)21-17-19-9-13(18)16(22-17)11-8-20-23(10-11)12-6-7-12/h2-5,8-10,12H,6-7H2,1H3,(H,19,21,22). The number of aromatic nitrogens is 4. The maximum Gasteiger partial charge on any atom is 0.227 e. The summed E-state index contributed by atoms with van der Waals surface area (Å²) in [6.45, 7) is 0. The van der Waals surface area contributed by atoms with Gasteiger partial charge in [0.2, 0.25) is 5.95 Å². The van der Waals surface area contributed by atoms with Crippen LogP contribution >= 0.6 is 11.6 Å². The molecule has 1 aromatic carbocycles. The summed E-state index contributed by atoms with van der Waals surface area (Å²) in [7, 11) is 1.63. The summed E-state index contributed by atoms with van der Waals surface area (Å²) in [5.74, 6) is 1.18. The van der Waals surface area contributed by atoms with Crippen molar-refractivity contribution in [1.82, 2.24) is 19.7 Å². The normalized spacial score (nSPS) is 13.8. The molecule has 6 nitrogen and oxygen atoms in total. The second-order valence-corrected chi connectivity index (χ2v) is 6.06. The summed E-state index contributed by atoms with van der Waals surface area (Å²) >= 11 is 6.28. The van der Waals surface area contributed by atoms with E-state index in [0.717, 1.165) is 17.0 Å². The molecule has 2 heterocycles. The van der Waals surface area contributed by atoms with Crippen molar-refractivity contribution in [2.24, 2.45) is 0 Å². The molecule has 24 heavy (non-hydrogen) atoms. The highest BCUT2D eigenvalue weighted by molar-refractivity contribution is 6.32. The summed E-state index contributed by atoms with van der Waals surface area (Å²) in [4.78, 5) is 8.80. The van der Waals surface area contributed by atoms with E-state index in [1.807, 2.05) is 35.1 Å². The van der Waals surface area contributed by atoms with E-state index in [-0.39, 0.29) is 0 Å². The Morgan fingerprint density at radius 1 is 1.25 bits per heavy atom. The number of rotatable bonds is 5. The van der Waals surface area contributed by atoms with Gasteiger partial charge in [-0.1, -0.05) is 23.7 Å². The van der Waals surface area contributed by atoms with Crippen LogP contribution in [0.3, 0.4) is 0 Å². The van der Waals surface area contributed by atoms with E-state index >= 15 is 0 Å². The molecule has 0 bridgehead atoms. The first-order valence-electron chi connectivity index (χ1n) is 7.71. The fraction of sp³-hybridized carbons (Fsp3) is 0.235. The van der Waals surface area contributed by atoms with Crippen LogP contribution in [-0.4, -0.2) is 26.9 Å². The molecule has 0 aliphatic heterocycles. The van der Waals surface area contributed by atoms with Crippen LogP contribution in [0.2, 0.25) is 5.02 Å². The van der Waals surface area contributed by atoms with Crippen LogP contribution < -0.4 is 10.1 Å². The first-order valence-corrected chi connectivity index (χ1v) is 8.09. The lowest BCUT2D eigenvalue weighted by Gasteiger charge is -2.10. The molecule has 0 spiro atoms. The number of para-hydroxylation sites is 2. The third kappa shape index (κ3) is 2.92. The zero-order chi connectivity index (χ0) is 16.5. The topological polar surface area (TPSA) is 64.9 Å². The molecule has 7 heteroatoms. The van der Waals surface area contributed by atoms with Gasteiger partial charge in [0.25, 0.3) is 0 Å². The average molecular weight is 342 g/mol. The van der Waals surface area contributed by atoms with Crippen molar-refractivity contribution < 1.29 is 4.74 Å². The fourth-order valence-corrected chi connectivity index (χ4v) is 2.70. The quantitative estimate of drug-likeness (QED) is 0.757. The first kappa shape index (κ1) is 15.0. The Morgan fingerprint density at radius 2 is 2.08 bits per heavy atom. The van der Waals surface area contributed by atoms with Crippen molar-refractivity contribution in [3.05, 3.63) is 47.9 Å². The Kier molecular flexibility index (Phi) is 3.82. The summed E-state index contributed by atoms with van der Waals surface area (Å²) in [5.41, 5.74) is 2.34. The number of nitrogens with one attached hydrogen (secondary N) is 1. The molecule has 122 valence electrons. The van der Waals surface area contributed by atoms with E-state index in [1.165, 1.54) is 12.8 Å². The van der Waals surface area contributed by atoms with Gasteiger partial charge >= 0.3 is 0 Å². The molecule has 0 saturated heterocycles. The third-order valence-electron chi connectivity index (χ3n) is 3.89. The molecule has 4 rings (SSSR count). The monoisotopic (exact) mass is 341 g/mol. The van der Waals surface area contributed by atoms with Gasteiger partial charge < -0.3 is 10.1 Å². The van der Waals surface area contributed by atoms with Crippen LogP contribution in [0.4, 0.5) is 11.6 Å². The minimum Gasteiger partial charge on any atom is -0.495 e. The van der Waals surface area contributed by atoms with E-state index in [0.29, 0.717) is 22.7 Å². The number of hydrogen-bond acceptors (Lipinski definition) is 5. The predicted octanol–water partition coefficient (Wildman–Crippen LogP) is 4.08. The maximum absolute atomic E-state index is 6.28. The Morgan fingerprint density at radius 3 is 2.88 bits per heavy atom. The van der Waals surface area contributed by atoms with Gasteiger partial charge in [-0.25, -0.2) is 9.97 Å². The second kappa shape index (κ2) is 6.13. The van der Waals surface area contributed by atoms with Crippen molar-refractivity contribution in [3.63, 3.8) is 0 Å². The lowest BCUT2D eigenvalue weighted by molar-refractivity contribution is 0.417. The summed E-state index contributed by atoms with van der Waals surface area (Å²) in [6.07, 6.45) is 7.73. The SMILES string of the molecule is COc1ccccc1Nc1ncc(Cl)c(-c2cnn(C3CC3)c2)n1. The van der Waals surface area contributed by atoms with Gasteiger partial charge in [-0.2, -0.15) is 5.10 Å². The zero-order valence-electron chi connectivity index (χ0n) is 13.1. The number of halogens is 1. The highest BCUT2D eigenvalue weighted by Crippen LogP contribution is 2.36. The van der Waals surface area contributed by atoms with Crippen molar-refractivity contribution in [2.45, 2.75) is 18.9 Å². The molecule has 1 fully saturated rings. The van der Waals surface area contributed by atoms with Crippen molar-refractivity contribution in [2.75, 3.05) is 12.4 Å². The van der Waals surface area contributed by atoms with Gasteiger partial charge in [-0.15, -0.1) is 0 Å². The van der Waals surface area contributed by atoms with Crippen LogP contribution in [0.1, 0.15) is 18.9 Å². The van der Waals surface area contributed by atoms with Crippen molar-refractivity contribution in [1.29, 1.82) is 0 Å². The molecular formula is C17H16ClN5O. The summed E-state index contributed by atoms with van der Waals surface area (Å²) < 4.78 is 7.31. The van der Waals surface area contributed by atoms with Crippen LogP contribution in [0.5, 0.6) is 5.75 Å². The minimum absolute atomic E-state index is 0.457. The molecule has 1 aliphatic rings. The maximum atomic E-state index is 6.28. The van der Waals surface area contributed by atoms with Gasteiger partial charge in [-0.05, 0) is 25.0 Å². The number of ether oxygens (including phenoxy) is 1. The first-order chi connectivity index (χ1) is 11.7. The third-order valence-corrected chi connectivity index (χ3v) is 4.17. The van der Waals surface area contributed by atoms with Gasteiger partial charge in [0.1, 0.15) is 5.75 Å². The van der Waals surface area contributed by atoms with Gasteiger partial charge in [-0.3, -0.25) is 4.68 Å². The Labute approximate surface area is 144 Å². The molecule has 3 aromatic rings. The van der Waals surface area contributed by atoms with Gasteiger partial charge in [0.15, 0.2) is 0 Å². The van der Waals surface area contributed by atoms with Gasteiger partial charge in [0, 0.05) is 11.8 Å². The molecular weight excluding hydrogens is 326 g/mol. The Bertz CT molecular complexity index is 875. The van der Waals surface area contributed by atoms with E-state index in [4.69, 9.17) is 16.3 Å². The van der Waals surface area contributed by atoms with Crippen LogP contribution in [-0.2, 0) is 0 Å². The molecule has 1 N–H and O–H groups in total. The lowest BCUT2D eigenvalue weighted by atomic mass is 10.2. The van der Waals surface area contributed by atoms with E-state index in [1.54, 1.807) is 19.5 Å². The van der Waals surface area contributed by atoms with Gasteiger partial charge in [0.05, 0.1) is 41.9 Å². The average Bonchev–Trinajstić information content (AvgIpc) is 3.34. The smallest absolute Gasteiger partial charge is 0.227 e. The molecule has 1 saturated carbocycles. The largest absolute Gasteiger partial charge is 0.495 e. The molecule has 0 unspecified atom stereocenters. The second-order valence-electron chi connectivity index (χ2n) is 5.66. The number of anilines is 2. The fourth-order valence-electron chi connectivity index (χ4n) is 2.50. The molecule has 0 radical (unpaired) electrons. The Balaban J connectivity index is 1.65.